The van der Waals surface area contributed by atoms with Gasteiger partial charge in [0.15, 0.2) is 23.0 Å². The highest BCUT2D eigenvalue weighted by molar-refractivity contribution is 8.00. The van der Waals surface area contributed by atoms with E-state index in [0.29, 0.717) is 0 Å². The van der Waals surface area contributed by atoms with Crippen molar-refractivity contribution in [2.45, 2.75) is 19.6 Å². The second kappa shape index (κ2) is 18.2. The van der Waals surface area contributed by atoms with Gasteiger partial charge in [0, 0.05) is 63.9 Å². The first-order chi connectivity index (χ1) is 47.6. The van der Waals surface area contributed by atoms with Crippen molar-refractivity contribution in [3.05, 3.63) is 279 Å². The van der Waals surface area contributed by atoms with Gasteiger partial charge in [0.1, 0.15) is 0 Å². The molecule has 2 aromatic heterocycles. The predicted molar refractivity (Wildman–Crippen MR) is 397 cm³/mol. The fourth-order valence-corrected chi connectivity index (χ4v) is 20.2. The zero-order valence-corrected chi connectivity index (χ0v) is 52.7. The summed E-state index contributed by atoms with van der Waals surface area (Å²) in [5.74, 6) is 3.35. The van der Waals surface area contributed by atoms with E-state index >= 15 is 0 Å². The summed E-state index contributed by atoms with van der Waals surface area (Å²) in [6, 6.07) is 104. The Morgan fingerprint density at radius 1 is 0.271 bits per heavy atom. The molecule has 10 heterocycles. The van der Waals surface area contributed by atoms with E-state index in [2.05, 4.69) is 308 Å². The number of anilines is 12. The minimum Gasteiger partial charge on any atom is -0.453 e. The second-order valence-corrected chi connectivity index (χ2v) is 28.4. The topological polar surface area (TPSA) is 41.3 Å². The Bertz CT molecular complexity index is 6140. The fraction of sp³-hybridized carbons (Fsp3) is 0. The zero-order valence-electron chi connectivity index (χ0n) is 51.0. The molecule has 0 bridgehead atoms. The van der Waals surface area contributed by atoms with Crippen molar-refractivity contribution in [2.24, 2.45) is 0 Å². The molecule has 0 spiro atoms. The summed E-state index contributed by atoms with van der Waals surface area (Å²) < 4.78 is 18.8. The van der Waals surface area contributed by atoms with Gasteiger partial charge < -0.3 is 38.2 Å². The van der Waals surface area contributed by atoms with Gasteiger partial charge in [-0.05, 0) is 165 Å². The number of hydrogen-bond acceptors (Lipinski definition) is 8. The van der Waals surface area contributed by atoms with Crippen LogP contribution in [0.3, 0.4) is 0 Å². The van der Waals surface area contributed by atoms with E-state index in [9.17, 15) is 0 Å². The number of rotatable bonds is 3. The largest absolute Gasteiger partial charge is 0.453 e. The summed E-state index contributed by atoms with van der Waals surface area (Å²) in [6.07, 6.45) is 0. The first-order valence-electron chi connectivity index (χ1n) is 32.9. The molecular formula is C84H46B2N6O2S2. The highest BCUT2D eigenvalue weighted by Gasteiger charge is 2.51. The number of nitrogens with zero attached hydrogens (tertiary/aromatic N) is 6. The van der Waals surface area contributed by atoms with E-state index in [0.717, 1.165) is 79.5 Å². The van der Waals surface area contributed by atoms with Gasteiger partial charge >= 0.3 is 0 Å². The van der Waals surface area contributed by atoms with Crippen molar-refractivity contribution >= 4 is 182 Å². The fourth-order valence-electron chi connectivity index (χ4n) is 18.0. The summed E-state index contributed by atoms with van der Waals surface area (Å²) in [5, 5.41) is 4.90. The maximum Gasteiger partial charge on any atom is 0.252 e. The van der Waals surface area contributed by atoms with Gasteiger partial charge in [0.2, 0.25) is 0 Å². The molecule has 0 fully saturated rings. The molecule has 0 aliphatic carbocycles. The standard InChI is InChI=1S/C84H46B2N6O2S2/c1-4-26-58-51(19-1)52-20-2-5-27-59(52)87(58)48-43-68-80-69(44-48)92-64-32-10-14-39-75(64)96-77-42-47(41-57(84(77)92)86(80)56-25-18-40-76-83(56)91(68)63-31-9-13-38-74(63)95-76)50-22-15-33-65-78(50)53-21-3-6-28-60(53)88(65)49-45-66-79-67(46-49)90-62-30-8-12-35-71(62)94-73-37-17-24-55(82(73)90)85(79)54-23-16-36-72-81(54)89(66)61-29-7-11-34-70(61)93-72/h1-46H. The molecule has 0 saturated carbocycles. The smallest absolute Gasteiger partial charge is 0.252 e. The van der Waals surface area contributed by atoms with Crippen molar-refractivity contribution in [2.75, 3.05) is 19.6 Å². The molecule has 0 unspecified atom stereocenters. The Hall–Kier alpha value is -11.7. The monoisotopic (exact) mass is 1260 g/mol. The Kier molecular flexibility index (Phi) is 9.61. The first-order valence-corrected chi connectivity index (χ1v) is 34.5. The lowest BCUT2D eigenvalue weighted by atomic mass is 9.33. The van der Waals surface area contributed by atoms with Crippen LogP contribution >= 0.6 is 23.5 Å². The van der Waals surface area contributed by atoms with E-state index in [1.54, 1.807) is 0 Å². The zero-order chi connectivity index (χ0) is 61.9. The maximum atomic E-state index is 6.89. The highest BCUT2D eigenvalue weighted by Crippen LogP contribution is 2.60. The van der Waals surface area contributed by atoms with E-state index in [4.69, 9.17) is 9.47 Å². The van der Waals surface area contributed by atoms with Gasteiger partial charge in [-0.1, -0.05) is 181 Å². The van der Waals surface area contributed by atoms with Gasteiger partial charge in [-0.2, -0.15) is 0 Å². The molecule has 0 radical (unpaired) electrons. The van der Waals surface area contributed by atoms with Gasteiger partial charge in [0.25, 0.3) is 13.4 Å². The molecule has 96 heavy (non-hydrogen) atoms. The van der Waals surface area contributed by atoms with Crippen LogP contribution in [0.15, 0.2) is 299 Å². The summed E-state index contributed by atoms with van der Waals surface area (Å²) in [5.41, 5.74) is 30.6. The van der Waals surface area contributed by atoms with Crippen molar-refractivity contribution in [1.29, 1.82) is 0 Å². The highest BCUT2D eigenvalue weighted by atomic mass is 32.2. The molecule has 442 valence electrons. The van der Waals surface area contributed by atoms with Crippen LogP contribution in [0.25, 0.3) is 66.1 Å². The second-order valence-electron chi connectivity index (χ2n) is 26.2. The lowest BCUT2D eigenvalue weighted by Crippen LogP contribution is -2.62. The van der Waals surface area contributed by atoms with Crippen LogP contribution in [0, 0.1) is 0 Å². The molecule has 14 aromatic carbocycles. The number of benzene rings is 14. The van der Waals surface area contributed by atoms with Crippen LogP contribution in [-0.2, 0) is 0 Å². The number of ether oxygens (including phenoxy) is 2. The van der Waals surface area contributed by atoms with E-state index in [1.807, 2.05) is 23.5 Å². The summed E-state index contributed by atoms with van der Waals surface area (Å²) >= 11 is 3.79. The molecule has 12 heteroatoms. The van der Waals surface area contributed by atoms with Crippen LogP contribution in [0.4, 0.5) is 68.2 Å². The summed E-state index contributed by atoms with van der Waals surface area (Å²) in [6.45, 7) is -0.202. The molecule has 16 aromatic rings. The number of aromatic nitrogens is 2. The average Bonchev–Trinajstić information content (AvgIpc) is 0.746. The number of fused-ring (bicyclic) bond motifs is 22. The molecule has 0 N–H and O–H groups in total. The third-order valence-electron chi connectivity index (χ3n) is 21.5. The Morgan fingerprint density at radius 3 is 1.25 bits per heavy atom. The van der Waals surface area contributed by atoms with Crippen LogP contribution < -0.4 is 61.9 Å². The molecular weight excluding hydrogens is 1210 g/mol. The molecule has 8 aliphatic rings. The van der Waals surface area contributed by atoms with Crippen LogP contribution in [-0.4, -0.2) is 22.6 Å². The van der Waals surface area contributed by atoms with Crippen molar-refractivity contribution in [3.8, 4) is 45.5 Å². The normalized spacial score (nSPS) is 14.4. The minimum absolute atomic E-state index is 0.0983. The molecule has 8 nitrogen and oxygen atoms in total. The van der Waals surface area contributed by atoms with Gasteiger partial charge in [-0.15, -0.1) is 0 Å². The van der Waals surface area contributed by atoms with Crippen molar-refractivity contribution in [1.82, 2.24) is 9.13 Å². The Morgan fingerprint density at radius 2 is 0.667 bits per heavy atom. The summed E-state index contributed by atoms with van der Waals surface area (Å²) in [4.78, 5) is 15.2. The molecule has 0 saturated heterocycles. The van der Waals surface area contributed by atoms with Crippen molar-refractivity contribution < 1.29 is 9.47 Å². The average molecular weight is 1260 g/mol. The third-order valence-corrected chi connectivity index (χ3v) is 23.7. The van der Waals surface area contributed by atoms with Gasteiger partial charge in [0.05, 0.1) is 78.9 Å². The number of para-hydroxylation sites is 12. The summed E-state index contributed by atoms with van der Waals surface area (Å²) in [7, 11) is 0. The lowest BCUT2D eigenvalue weighted by molar-refractivity contribution is 0.477. The Balaban J connectivity index is 0.768. The molecule has 24 rings (SSSR count). The first kappa shape index (κ1) is 50.8. The molecule has 0 atom stereocenters. The van der Waals surface area contributed by atoms with Crippen molar-refractivity contribution in [3.63, 3.8) is 0 Å². The lowest BCUT2D eigenvalue weighted by Gasteiger charge is -2.48. The molecule has 8 aliphatic heterocycles. The predicted octanol–water partition coefficient (Wildman–Crippen LogP) is 18.9. The van der Waals surface area contributed by atoms with Gasteiger partial charge in [-0.3, -0.25) is 0 Å². The quantitative estimate of drug-likeness (QED) is 0.162. The van der Waals surface area contributed by atoms with Gasteiger partial charge in [-0.25, -0.2) is 0 Å². The van der Waals surface area contributed by atoms with Crippen LogP contribution in [0.5, 0.6) is 23.0 Å². The van der Waals surface area contributed by atoms with E-state index < -0.39 is 0 Å². The van der Waals surface area contributed by atoms with Crippen LogP contribution in [0.2, 0.25) is 0 Å². The van der Waals surface area contributed by atoms with Crippen LogP contribution in [0.1, 0.15) is 0 Å². The maximum absolute atomic E-state index is 6.89. The SMILES string of the molecule is c1ccc2c(c1)Oc1cccc3c1N2c1cc(-n2c4ccccc4c4c(-c5cc6c7c(c5)B5c8cccc9c8N(c8ccccc8S9)c8cc(-n9c%10ccccc%10c%10ccccc%109)cc(c85)N7c5ccccc5S6)cccc42)cc2c1B3c1cccc3c1N2c1ccccc1O3. The number of hydrogen-bond donors (Lipinski definition) is 0. The minimum atomic E-state index is -0.104. The molecule has 0 amide bonds. The van der Waals surface area contributed by atoms with E-state index in [1.165, 1.54) is 130 Å². The van der Waals surface area contributed by atoms with E-state index in [-0.39, 0.29) is 13.4 Å². The Labute approximate surface area is 560 Å². The third kappa shape index (κ3) is 6.33.